The molecule has 0 saturated heterocycles. The van der Waals surface area contributed by atoms with Crippen LogP contribution in [0.1, 0.15) is 22.8 Å². The quantitative estimate of drug-likeness (QED) is 0.738. The minimum Gasteiger partial charge on any atom is -0.496 e. The van der Waals surface area contributed by atoms with Gasteiger partial charge in [-0.3, -0.25) is 9.59 Å². The fourth-order valence-electron chi connectivity index (χ4n) is 1.48. The number of carboxylic acids is 1. The van der Waals surface area contributed by atoms with E-state index in [1.807, 2.05) is 0 Å². The molecule has 0 aliphatic carbocycles. The van der Waals surface area contributed by atoms with Gasteiger partial charge in [0.05, 0.1) is 7.11 Å². The van der Waals surface area contributed by atoms with Crippen molar-refractivity contribution in [2.45, 2.75) is 18.7 Å². The smallest absolute Gasteiger partial charge is 0.321 e. The minimum absolute atomic E-state index is 0.0175. The average molecular weight is 283 g/mol. The summed E-state index contributed by atoms with van der Waals surface area (Å²) in [7, 11) is 1.56. The van der Waals surface area contributed by atoms with Gasteiger partial charge in [-0.05, 0) is 25.1 Å². The van der Waals surface area contributed by atoms with Crippen LogP contribution in [-0.4, -0.2) is 35.8 Å². The van der Waals surface area contributed by atoms with E-state index in [4.69, 9.17) is 15.6 Å². The van der Waals surface area contributed by atoms with Crippen LogP contribution in [0.3, 0.4) is 0 Å². The molecular weight excluding hydrogens is 266 g/mol. The summed E-state index contributed by atoms with van der Waals surface area (Å²) in [6.45, 7) is 1.50. The Balaban J connectivity index is 2.72. The highest BCUT2D eigenvalue weighted by Gasteiger charge is 2.12. The van der Waals surface area contributed by atoms with E-state index in [9.17, 15) is 9.59 Å². The number of hydrogen-bond donors (Lipinski definition) is 2. The molecule has 0 aliphatic heterocycles. The van der Waals surface area contributed by atoms with Crippen molar-refractivity contribution < 1.29 is 19.4 Å². The highest BCUT2D eigenvalue weighted by molar-refractivity contribution is 7.98. The molecule has 0 radical (unpaired) electrons. The third kappa shape index (κ3) is 4.57. The summed E-state index contributed by atoms with van der Waals surface area (Å²) < 4.78 is 5.21. The first-order valence-electron chi connectivity index (χ1n) is 5.69. The molecular formula is C13H17NO4S. The Labute approximate surface area is 116 Å². The lowest BCUT2D eigenvalue weighted by Gasteiger charge is -2.11. The molecule has 0 aliphatic rings. The van der Waals surface area contributed by atoms with Gasteiger partial charge in [0, 0.05) is 22.6 Å². The fourth-order valence-corrected chi connectivity index (χ4v) is 2.44. The Morgan fingerprint density at radius 2 is 2.16 bits per heavy atom. The van der Waals surface area contributed by atoms with E-state index in [0.29, 0.717) is 22.8 Å². The number of methoxy groups -OCH3 is 1. The highest BCUT2D eigenvalue weighted by Crippen LogP contribution is 2.25. The molecule has 104 valence electrons. The maximum Gasteiger partial charge on any atom is 0.321 e. The van der Waals surface area contributed by atoms with Crippen molar-refractivity contribution >= 4 is 23.5 Å². The molecule has 5 nitrogen and oxygen atoms in total. The SMILES string of the molecule is COc1ccc(C(C)=O)cc1CSCC(N)C(=O)O. The van der Waals surface area contributed by atoms with E-state index in [0.717, 1.165) is 5.56 Å². The van der Waals surface area contributed by atoms with Crippen LogP contribution in [0, 0.1) is 0 Å². The van der Waals surface area contributed by atoms with Crippen LogP contribution < -0.4 is 10.5 Å². The van der Waals surface area contributed by atoms with Gasteiger partial charge >= 0.3 is 5.97 Å². The first-order chi connectivity index (χ1) is 8.95. The number of carbonyl (C=O) groups excluding carboxylic acids is 1. The molecule has 19 heavy (non-hydrogen) atoms. The van der Waals surface area contributed by atoms with Crippen LogP contribution in [-0.2, 0) is 10.5 Å². The number of carbonyl (C=O) groups is 2. The van der Waals surface area contributed by atoms with Gasteiger partial charge in [-0.1, -0.05) is 0 Å². The third-order valence-corrected chi connectivity index (χ3v) is 3.67. The Hall–Kier alpha value is -1.53. The standard InChI is InChI=1S/C13H17NO4S/c1-8(15)9-3-4-12(18-2)10(5-9)6-19-7-11(14)13(16)17/h3-5,11H,6-7,14H2,1-2H3,(H,16,17). The Kier molecular flexibility index (Phi) is 5.85. The topological polar surface area (TPSA) is 89.6 Å². The number of nitrogens with two attached hydrogens (primary N) is 1. The van der Waals surface area contributed by atoms with Crippen LogP contribution in [0.2, 0.25) is 0 Å². The molecule has 1 unspecified atom stereocenters. The van der Waals surface area contributed by atoms with E-state index in [-0.39, 0.29) is 5.78 Å². The molecule has 1 aromatic rings. The summed E-state index contributed by atoms with van der Waals surface area (Å²) in [5, 5.41) is 8.69. The summed E-state index contributed by atoms with van der Waals surface area (Å²) in [4.78, 5) is 21.9. The predicted octanol–water partition coefficient (Wildman–Crippen LogP) is 1.54. The largest absolute Gasteiger partial charge is 0.496 e. The summed E-state index contributed by atoms with van der Waals surface area (Å²) >= 11 is 1.40. The van der Waals surface area contributed by atoms with Crippen LogP contribution in [0.15, 0.2) is 18.2 Å². The van der Waals surface area contributed by atoms with Crippen molar-refractivity contribution in [1.29, 1.82) is 0 Å². The van der Waals surface area contributed by atoms with Gasteiger partial charge in [-0.2, -0.15) is 11.8 Å². The van der Waals surface area contributed by atoms with Crippen LogP contribution in [0.25, 0.3) is 0 Å². The van der Waals surface area contributed by atoms with E-state index in [1.165, 1.54) is 18.7 Å². The van der Waals surface area contributed by atoms with Crippen molar-refractivity contribution in [3.8, 4) is 5.75 Å². The number of ketones is 1. The number of ether oxygens (including phenoxy) is 1. The van der Waals surface area contributed by atoms with E-state index >= 15 is 0 Å². The highest BCUT2D eigenvalue weighted by atomic mass is 32.2. The van der Waals surface area contributed by atoms with Crippen molar-refractivity contribution in [2.24, 2.45) is 5.73 Å². The molecule has 1 atom stereocenters. The van der Waals surface area contributed by atoms with Crippen LogP contribution >= 0.6 is 11.8 Å². The normalized spacial score (nSPS) is 11.9. The number of thioether (sulfide) groups is 1. The molecule has 6 heteroatoms. The van der Waals surface area contributed by atoms with Gasteiger partial charge in [0.25, 0.3) is 0 Å². The van der Waals surface area contributed by atoms with Gasteiger partial charge in [-0.15, -0.1) is 0 Å². The lowest BCUT2D eigenvalue weighted by Crippen LogP contribution is -2.32. The van der Waals surface area contributed by atoms with Crippen molar-refractivity contribution in [2.75, 3.05) is 12.9 Å². The predicted molar refractivity (Wildman–Crippen MR) is 74.8 cm³/mol. The van der Waals surface area contributed by atoms with Gasteiger partial charge in [0.2, 0.25) is 0 Å². The number of carboxylic acid groups (broad SMARTS) is 1. The van der Waals surface area contributed by atoms with E-state index in [2.05, 4.69) is 0 Å². The zero-order valence-electron chi connectivity index (χ0n) is 10.9. The summed E-state index contributed by atoms with van der Waals surface area (Å²) in [6, 6.07) is 4.33. The Morgan fingerprint density at radius 1 is 1.47 bits per heavy atom. The minimum atomic E-state index is -1.02. The second-order valence-electron chi connectivity index (χ2n) is 4.04. The monoisotopic (exact) mass is 283 g/mol. The molecule has 3 N–H and O–H groups in total. The molecule has 0 aromatic heterocycles. The van der Waals surface area contributed by atoms with Gasteiger partial charge in [-0.25, -0.2) is 0 Å². The molecule has 0 bridgehead atoms. The molecule has 0 fully saturated rings. The number of benzene rings is 1. The number of rotatable bonds is 7. The van der Waals surface area contributed by atoms with Gasteiger partial charge < -0.3 is 15.6 Å². The first kappa shape index (κ1) is 15.5. The second kappa shape index (κ2) is 7.16. The second-order valence-corrected chi connectivity index (χ2v) is 5.07. The van der Waals surface area contributed by atoms with Crippen molar-refractivity contribution in [3.05, 3.63) is 29.3 Å². The van der Waals surface area contributed by atoms with Crippen molar-refractivity contribution in [1.82, 2.24) is 0 Å². The van der Waals surface area contributed by atoms with Crippen molar-refractivity contribution in [3.63, 3.8) is 0 Å². The molecule has 0 heterocycles. The van der Waals surface area contributed by atoms with Crippen LogP contribution in [0.5, 0.6) is 5.75 Å². The number of Topliss-reactive ketones (excluding diaryl/α,β-unsaturated/α-hetero) is 1. The van der Waals surface area contributed by atoms with Gasteiger partial charge in [0.15, 0.2) is 5.78 Å². The molecule has 0 saturated carbocycles. The first-order valence-corrected chi connectivity index (χ1v) is 6.85. The summed E-state index contributed by atoms with van der Waals surface area (Å²) in [5.74, 6) is 0.503. The molecule has 1 aromatic carbocycles. The molecule has 1 rings (SSSR count). The summed E-state index contributed by atoms with van der Waals surface area (Å²) in [6.07, 6.45) is 0. The average Bonchev–Trinajstić information content (AvgIpc) is 2.38. The number of hydrogen-bond acceptors (Lipinski definition) is 5. The fraction of sp³-hybridized carbons (Fsp3) is 0.385. The Bertz CT molecular complexity index is 476. The zero-order chi connectivity index (χ0) is 14.4. The molecule has 0 amide bonds. The lowest BCUT2D eigenvalue weighted by atomic mass is 10.1. The maximum absolute atomic E-state index is 11.3. The van der Waals surface area contributed by atoms with Crippen LogP contribution in [0.4, 0.5) is 0 Å². The number of aliphatic carboxylic acids is 1. The van der Waals surface area contributed by atoms with E-state index < -0.39 is 12.0 Å². The van der Waals surface area contributed by atoms with E-state index in [1.54, 1.807) is 25.3 Å². The Morgan fingerprint density at radius 3 is 2.68 bits per heavy atom. The lowest BCUT2D eigenvalue weighted by molar-refractivity contribution is -0.137. The third-order valence-electron chi connectivity index (χ3n) is 2.56. The molecule has 0 spiro atoms. The van der Waals surface area contributed by atoms with Gasteiger partial charge in [0.1, 0.15) is 11.8 Å². The maximum atomic E-state index is 11.3. The summed E-state index contributed by atoms with van der Waals surface area (Å²) in [5.41, 5.74) is 6.89. The zero-order valence-corrected chi connectivity index (χ0v) is 11.7.